The van der Waals surface area contributed by atoms with Gasteiger partial charge >= 0.3 is 5.97 Å². The van der Waals surface area contributed by atoms with Crippen LogP contribution >= 0.6 is 11.8 Å². The zero-order chi connectivity index (χ0) is 25.4. The summed E-state index contributed by atoms with van der Waals surface area (Å²) < 4.78 is 6.87. The fourth-order valence-corrected chi connectivity index (χ4v) is 4.27. The van der Waals surface area contributed by atoms with Crippen molar-refractivity contribution in [2.45, 2.75) is 45.4 Å². The number of nitrogens with zero attached hydrogens (tertiary/aromatic N) is 3. The lowest BCUT2D eigenvalue weighted by Gasteiger charge is -2.16. The monoisotopic (exact) mass is 495 g/mol. The standard InChI is InChI=1S/C25H29N5O4S/c1-5-30-22(17(4)26-23(32)20-13-8-7-10-16(20)3)28-29-25(30)35-15-21(31)27-19-12-9-11-18(14-19)24(33)34-6-2/h7-14,17H,5-6,15H2,1-4H3,(H,26,32)(H,27,31)/t17-/m1/s1. The second-order valence-electron chi connectivity index (χ2n) is 7.73. The number of benzene rings is 2. The Kier molecular flexibility index (Phi) is 9.02. The minimum absolute atomic E-state index is 0.103. The normalized spacial score (nSPS) is 11.5. The molecule has 0 saturated carbocycles. The average Bonchev–Trinajstić information content (AvgIpc) is 3.26. The minimum atomic E-state index is -0.440. The molecule has 1 atom stereocenters. The molecule has 35 heavy (non-hydrogen) atoms. The molecule has 0 fully saturated rings. The molecule has 184 valence electrons. The first-order chi connectivity index (χ1) is 16.8. The number of carbonyl (C=O) groups is 3. The molecule has 3 rings (SSSR count). The minimum Gasteiger partial charge on any atom is -0.462 e. The highest BCUT2D eigenvalue weighted by Gasteiger charge is 2.21. The molecule has 0 aliphatic heterocycles. The number of aryl methyl sites for hydroxylation is 1. The molecule has 0 radical (unpaired) electrons. The van der Waals surface area contributed by atoms with Crippen molar-refractivity contribution in [3.63, 3.8) is 0 Å². The van der Waals surface area contributed by atoms with E-state index in [4.69, 9.17) is 4.74 Å². The number of rotatable bonds is 10. The number of esters is 1. The molecular formula is C25H29N5O4S. The molecule has 1 aromatic heterocycles. The molecule has 2 amide bonds. The summed E-state index contributed by atoms with van der Waals surface area (Å²) in [7, 11) is 0. The maximum absolute atomic E-state index is 12.7. The van der Waals surface area contributed by atoms with E-state index in [0.29, 0.717) is 34.3 Å². The zero-order valence-electron chi connectivity index (χ0n) is 20.2. The maximum atomic E-state index is 12.7. The molecule has 0 unspecified atom stereocenters. The van der Waals surface area contributed by atoms with Crippen LogP contribution in [0.2, 0.25) is 0 Å². The summed E-state index contributed by atoms with van der Waals surface area (Å²) in [5.74, 6) is -0.153. The fraction of sp³-hybridized carbons (Fsp3) is 0.320. The van der Waals surface area contributed by atoms with E-state index in [2.05, 4.69) is 20.8 Å². The lowest BCUT2D eigenvalue weighted by Crippen LogP contribution is -2.29. The van der Waals surface area contributed by atoms with Gasteiger partial charge in [0.2, 0.25) is 5.91 Å². The SMILES string of the molecule is CCOC(=O)c1cccc(NC(=O)CSc2nnc([C@@H](C)NC(=O)c3ccccc3C)n2CC)c1. The molecule has 9 nitrogen and oxygen atoms in total. The predicted octanol–water partition coefficient (Wildman–Crippen LogP) is 4.00. The van der Waals surface area contributed by atoms with Gasteiger partial charge in [-0.2, -0.15) is 0 Å². The van der Waals surface area contributed by atoms with E-state index < -0.39 is 5.97 Å². The summed E-state index contributed by atoms with van der Waals surface area (Å²) in [6, 6.07) is 13.6. The highest BCUT2D eigenvalue weighted by Crippen LogP contribution is 2.22. The van der Waals surface area contributed by atoms with Gasteiger partial charge in [0.15, 0.2) is 11.0 Å². The first-order valence-electron chi connectivity index (χ1n) is 11.3. The van der Waals surface area contributed by atoms with Gasteiger partial charge in [0.25, 0.3) is 5.91 Å². The Bertz CT molecular complexity index is 1210. The quantitative estimate of drug-likeness (QED) is 0.323. The molecular weight excluding hydrogens is 466 g/mol. The number of ether oxygens (including phenoxy) is 1. The van der Waals surface area contributed by atoms with Gasteiger partial charge in [-0.15, -0.1) is 10.2 Å². The van der Waals surface area contributed by atoms with Crippen molar-refractivity contribution in [1.29, 1.82) is 0 Å². The molecule has 0 aliphatic carbocycles. The number of anilines is 1. The third kappa shape index (κ3) is 6.69. The van der Waals surface area contributed by atoms with E-state index in [-0.39, 0.29) is 30.2 Å². The van der Waals surface area contributed by atoms with Crippen molar-refractivity contribution >= 4 is 35.2 Å². The van der Waals surface area contributed by atoms with E-state index >= 15 is 0 Å². The van der Waals surface area contributed by atoms with Gasteiger partial charge in [0.05, 0.1) is 24.0 Å². The predicted molar refractivity (Wildman–Crippen MR) is 135 cm³/mol. The fourth-order valence-electron chi connectivity index (χ4n) is 3.46. The summed E-state index contributed by atoms with van der Waals surface area (Å²) in [4.78, 5) is 37.1. The van der Waals surface area contributed by atoms with Gasteiger partial charge in [-0.25, -0.2) is 4.79 Å². The molecule has 0 spiro atoms. The maximum Gasteiger partial charge on any atom is 0.338 e. The Morgan fingerprint density at radius 2 is 1.86 bits per heavy atom. The van der Waals surface area contributed by atoms with Crippen LogP contribution in [0.3, 0.4) is 0 Å². The largest absolute Gasteiger partial charge is 0.462 e. The van der Waals surface area contributed by atoms with Gasteiger partial charge in [0, 0.05) is 17.8 Å². The van der Waals surface area contributed by atoms with Crippen LogP contribution < -0.4 is 10.6 Å². The topological polar surface area (TPSA) is 115 Å². The molecule has 0 bridgehead atoms. The van der Waals surface area contributed by atoms with E-state index in [1.54, 1.807) is 37.3 Å². The van der Waals surface area contributed by atoms with Crippen molar-refractivity contribution in [3.05, 3.63) is 71.0 Å². The number of nitrogens with one attached hydrogen (secondary N) is 2. The smallest absolute Gasteiger partial charge is 0.338 e. The van der Waals surface area contributed by atoms with Crippen LogP contribution in [0.5, 0.6) is 0 Å². The summed E-state index contributed by atoms with van der Waals surface area (Å²) in [5.41, 5.74) is 2.38. The van der Waals surface area contributed by atoms with Crippen molar-refractivity contribution < 1.29 is 19.1 Å². The molecule has 0 aliphatic rings. The van der Waals surface area contributed by atoms with Crippen LogP contribution in [0, 0.1) is 6.92 Å². The summed E-state index contributed by atoms with van der Waals surface area (Å²) in [6.45, 7) is 8.29. The van der Waals surface area contributed by atoms with E-state index in [9.17, 15) is 14.4 Å². The van der Waals surface area contributed by atoms with Crippen LogP contribution in [0.25, 0.3) is 0 Å². The van der Waals surface area contributed by atoms with Gasteiger partial charge in [-0.1, -0.05) is 36.0 Å². The van der Waals surface area contributed by atoms with Gasteiger partial charge in [-0.05, 0) is 57.5 Å². The van der Waals surface area contributed by atoms with Crippen LogP contribution in [0.1, 0.15) is 58.9 Å². The number of hydrogen-bond donors (Lipinski definition) is 2. The highest BCUT2D eigenvalue weighted by atomic mass is 32.2. The average molecular weight is 496 g/mol. The number of aromatic nitrogens is 3. The summed E-state index contributed by atoms with van der Waals surface area (Å²) in [6.07, 6.45) is 0. The number of amides is 2. The third-order valence-electron chi connectivity index (χ3n) is 5.18. The van der Waals surface area contributed by atoms with E-state index in [1.807, 2.05) is 43.5 Å². The summed E-state index contributed by atoms with van der Waals surface area (Å²) >= 11 is 1.25. The van der Waals surface area contributed by atoms with Gasteiger partial charge in [-0.3, -0.25) is 9.59 Å². The zero-order valence-corrected chi connectivity index (χ0v) is 21.0. The Hall–Kier alpha value is -3.66. The van der Waals surface area contributed by atoms with Crippen LogP contribution in [0.4, 0.5) is 5.69 Å². The number of carbonyl (C=O) groups excluding carboxylic acids is 3. The molecule has 2 aromatic carbocycles. The Morgan fingerprint density at radius 3 is 2.57 bits per heavy atom. The lowest BCUT2D eigenvalue weighted by molar-refractivity contribution is -0.113. The second kappa shape index (κ2) is 12.2. The van der Waals surface area contributed by atoms with E-state index in [1.165, 1.54) is 11.8 Å². The Morgan fingerprint density at radius 1 is 1.09 bits per heavy atom. The number of hydrogen-bond acceptors (Lipinski definition) is 7. The van der Waals surface area contributed by atoms with Crippen LogP contribution in [0.15, 0.2) is 53.7 Å². The van der Waals surface area contributed by atoms with Crippen molar-refractivity contribution in [1.82, 2.24) is 20.1 Å². The molecule has 3 aromatic rings. The first kappa shape index (κ1) is 26.0. The van der Waals surface area contributed by atoms with Gasteiger partial charge < -0.3 is 19.9 Å². The molecule has 10 heteroatoms. The lowest BCUT2D eigenvalue weighted by atomic mass is 10.1. The Balaban J connectivity index is 1.62. The summed E-state index contributed by atoms with van der Waals surface area (Å²) in [5, 5.41) is 14.8. The highest BCUT2D eigenvalue weighted by molar-refractivity contribution is 7.99. The molecule has 2 N–H and O–H groups in total. The molecule has 1 heterocycles. The first-order valence-corrected chi connectivity index (χ1v) is 12.3. The van der Waals surface area contributed by atoms with Crippen LogP contribution in [-0.4, -0.2) is 44.9 Å². The van der Waals surface area contributed by atoms with Crippen LogP contribution in [-0.2, 0) is 16.1 Å². The third-order valence-corrected chi connectivity index (χ3v) is 6.14. The van der Waals surface area contributed by atoms with Crippen molar-refractivity contribution in [3.8, 4) is 0 Å². The second-order valence-corrected chi connectivity index (χ2v) is 8.68. The van der Waals surface area contributed by atoms with Gasteiger partial charge in [0.1, 0.15) is 0 Å². The van der Waals surface area contributed by atoms with Crippen molar-refractivity contribution in [2.24, 2.45) is 0 Å². The van der Waals surface area contributed by atoms with Crippen molar-refractivity contribution in [2.75, 3.05) is 17.7 Å². The Labute approximate surface area is 208 Å². The molecule has 0 saturated heterocycles. The number of thioether (sulfide) groups is 1. The van der Waals surface area contributed by atoms with E-state index in [0.717, 1.165) is 5.56 Å².